The van der Waals surface area contributed by atoms with E-state index in [0.29, 0.717) is 17.0 Å². The zero-order valence-corrected chi connectivity index (χ0v) is 14.8. The second-order valence-corrected chi connectivity index (χ2v) is 7.46. The van der Waals surface area contributed by atoms with Crippen molar-refractivity contribution in [2.24, 2.45) is 0 Å². The molecule has 116 valence electrons. The molecule has 3 heterocycles. The Morgan fingerprint density at radius 1 is 1.26 bits per heavy atom. The van der Waals surface area contributed by atoms with Crippen LogP contribution in [-0.2, 0) is 10.8 Å². The summed E-state index contributed by atoms with van der Waals surface area (Å²) in [5.74, 6) is 0.514. The predicted molar refractivity (Wildman–Crippen MR) is 93.0 cm³/mol. The van der Waals surface area contributed by atoms with Gasteiger partial charge in [-0.3, -0.25) is 4.21 Å². The molecule has 3 aromatic heterocycles. The average Bonchev–Trinajstić information content (AvgIpc) is 3.08. The molecular weight excluding hydrogens is 378 g/mol. The molecule has 23 heavy (non-hydrogen) atoms. The maximum absolute atomic E-state index is 11.6. The van der Waals surface area contributed by atoms with Crippen molar-refractivity contribution in [3.8, 4) is 11.5 Å². The first-order chi connectivity index (χ1) is 11.0. The zero-order chi connectivity index (χ0) is 16.1. The first-order valence-electron chi connectivity index (χ1n) is 6.91. The number of pyridine rings is 1. The van der Waals surface area contributed by atoms with Crippen LogP contribution < -0.4 is 0 Å². The third kappa shape index (κ3) is 2.40. The van der Waals surface area contributed by atoms with E-state index >= 15 is 0 Å². The largest absolute Gasteiger partial charge is 0.436 e. The fraction of sp³-hybridized carbons (Fsp3) is 0.125. The van der Waals surface area contributed by atoms with Gasteiger partial charge in [-0.05, 0) is 52.7 Å². The Labute approximate surface area is 142 Å². The summed E-state index contributed by atoms with van der Waals surface area (Å²) in [6.45, 7) is 2.00. The summed E-state index contributed by atoms with van der Waals surface area (Å²) in [6.07, 6.45) is 5.49. The van der Waals surface area contributed by atoms with E-state index < -0.39 is 10.8 Å². The number of fused-ring (bicyclic) bond motifs is 2. The lowest BCUT2D eigenvalue weighted by atomic mass is 10.1. The summed E-state index contributed by atoms with van der Waals surface area (Å²) in [4.78, 5) is 9.81. The molecule has 0 fully saturated rings. The van der Waals surface area contributed by atoms with Crippen LogP contribution in [0.1, 0.15) is 5.56 Å². The molecule has 5 nitrogen and oxygen atoms in total. The highest BCUT2D eigenvalue weighted by molar-refractivity contribution is 9.10. The van der Waals surface area contributed by atoms with E-state index in [2.05, 4.69) is 25.9 Å². The molecule has 0 saturated carbocycles. The maximum atomic E-state index is 11.6. The number of oxazole rings is 1. The van der Waals surface area contributed by atoms with Crippen molar-refractivity contribution in [2.45, 2.75) is 11.8 Å². The standard InChI is InChI=1S/C16H12BrN3O2S/c1-9-5-6-20-8-13(17)19-15(20)14(9)16-18-11-7-10(23(2)21)3-4-12(11)22-16/h3-8H,1-2H3. The van der Waals surface area contributed by atoms with Crippen molar-refractivity contribution in [3.63, 3.8) is 0 Å². The number of rotatable bonds is 2. The highest BCUT2D eigenvalue weighted by Crippen LogP contribution is 2.31. The van der Waals surface area contributed by atoms with E-state index in [-0.39, 0.29) is 0 Å². The Kier molecular flexibility index (Phi) is 3.35. The first kappa shape index (κ1) is 14.6. The van der Waals surface area contributed by atoms with E-state index in [9.17, 15) is 4.21 Å². The van der Waals surface area contributed by atoms with Crippen molar-refractivity contribution in [1.29, 1.82) is 0 Å². The molecule has 0 spiro atoms. The van der Waals surface area contributed by atoms with Crippen LogP contribution in [-0.4, -0.2) is 24.8 Å². The van der Waals surface area contributed by atoms with Gasteiger partial charge in [-0.15, -0.1) is 0 Å². The number of hydrogen-bond donors (Lipinski definition) is 0. The van der Waals surface area contributed by atoms with Crippen LogP contribution in [0.15, 0.2) is 50.6 Å². The summed E-state index contributed by atoms with van der Waals surface area (Å²) in [6, 6.07) is 7.40. The monoisotopic (exact) mass is 389 g/mol. The van der Waals surface area contributed by atoms with E-state index in [4.69, 9.17) is 4.42 Å². The Balaban J connectivity index is 1.99. The van der Waals surface area contributed by atoms with E-state index in [1.165, 1.54) is 0 Å². The molecular formula is C16H12BrN3O2S. The molecule has 0 aliphatic carbocycles. The molecule has 0 aliphatic heterocycles. The molecule has 0 radical (unpaired) electrons. The van der Waals surface area contributed by atoms with E-state index in [1.54, 1.807) is 24.5 Å². The fourth-order valence-corrected chi connectivity index (χ4v) is 3.50. The molecule has 4 aromatic rings. The van der Waals surface area contributed by atoms with Crippen LogP contribution in [0.3, 0.4) is 0 Å². The zero-order valence-electron chi connectivity index (χ0n) is 12.4. The van der Waals surface area contributed by atoms with Gasteiger partial charge in [0.2, 0.25) is 5.89 Å². The quantitative estimate of drug-likeness (QED) is 0.520. The smallest absolute Gasteiger partial charge is 0.231 e. The number of nitrogens with zero attached hydrogens (tertiary/aromatic N) is 3. The third-order valence-electron chi connectivity index (χ3n) is 3.71. The van der Waals surface area contributed by atoms with Gasteiger partial charge in [-0.1, -0.05) is 0 Å². The number of benzene rings is 1. The minimum Gasteiger partial charge on any atom is -0.436 e. The summed E-state index contributed by atoms with van der Waals surface area (Å²) in [7, 11) is -1.05. The van der Waals surface area contributed by atoms with Crippen molar-refractivity contribution in [1.82, 2.24) is 14.4 Å². The Bertz CT molecular complexity index is 1080. The van der Waals surface area contributed by atoms with Crippen LogP contribution in [0.25, 0.3) is 28.2 Å². The number of hydrogen-bond acceptors (Lipinski definition) is 4. The van der Waals surface area contributed by atoms with Gasteiger partial charge in [0, 0.05) is 34.3 Å². The van der Waals surface area contributed by atoms with Crippen molar-refractivity contribution < 1.29 is 8.63 Å². The molecule has 0 aliphatic rings. The Morgan fingerprint density at radius 3 is 2.87 bits per heavy atom. The molecule has 4 rings (SSSR count). The molecule has 1 unspecified atom stereocenters. The van der Waals surface area contributed by atoms with Gasteiger partial charge in [-0.2, -0.15) is 0 Å². The lowest BCUT2D eigenvalue weighted by Crippen LogP contribution is -1.91. The summed E-state index contributed by atoms with van der Waals surface area (Å²) in [5, 5.41) is 0. The van der Waals surface area contributed by atoms with Gasteiger partial charge >= 0.3 is 0 Å². The highest BCUT2D eigenvalue weighted by Gasteiger charge is 2.17. The minimum atomic E-state index is -1.05. The second-order valence-electron chi connectivity index (χ2n) is 5.27. The Morgan fingerprint density at radius 2 is 2.09 bits per heavy atom. The number of imidazole rings is 1. The number of aryl methyl sites for hydroxylation is 1. The van der Waals surface area contributed by atoms with Gasteiger partial charge in [0.25, 0.3) is 0 Å². The number of aromatic nitrogens is 3. The van der Waals surface area contributed by atoms with Crippen LogP contribution in [0.5, 0.6) is 0 Å². The first-order valence-corrected chi connectivity index (χ1v) is 9.26. The van der Waals surface area contributed by atoms with Gasteiger partial charge in [0.05, 0.1) is 5.56 Å². The normalized spacial score (nSPS) is 13.0. The highest BCUT2D eigenvalue weighted by atomic mass is 79.9. The van der Waals surface area contributed by atoms with Crippen LogP contribution in [0.4, 0.5) is 0 Å². The molecule has 1 atom stereocenters. The van der Waals surface area contributed by atoms with Crippen molar-refractivity contribution >= 4 is 43.5 Å². The minimum absolute atomic E-state index is 0.514. The topological polar surface area (TPSA) is 60.4 Å². The number of halogens is 1. The summed E-state index contributed by atoms with van der Waals surface area (Å²) >= 11 is 3.40. The van der Waals surface area contributed by atoms with Crippen molar-refractivity contribution in [2.75, 3.05) is 6.26 Å². The fourth-order valence-electron chi connectivity index (χ4n) is 2.57. The summed E-state index contributed by atoms with van der Waals surface area (Å²) in [5.41, 5.74) is 4.03. The third-order valence-corrected chi connectivity index (χ3v) is 5.01. The van der Waals surface area contributed by atoms with Crippen LogP contribution in [0, 0.1) is 6.92 Å². The van der Waals surface area contributed by atoms with Crippen molar-refractivity contribution in [3.05, 3.63) is 46.8 Å². The van der Waals surface area contributed by atoms with Gasteiger partial charge in [0.1, 0.15) is 10.1 Å². The lowest BCUT2D eigenvalue weighted by molar-refractivity contribution is 0.619. The van der Waals surface area contributed by atoms with Gasteiger partial charge in [-0.25, -0.2) is 9.97 Å². The van der Waals surface area contributed by atoms with Gasteiger partial charge in [0.15, 0.2) is 11.2 Å². The lowest BCUT2D eigenvalue weighted by Gasteiger charge is -2.03. The molecule has 0 amide bonds. The predicted octanol–water partition coefficient (Wildman–Crippen LogP) is 3.95. The summed E-state index contributed by atoms with van der Waals surface area (Å²) < 4.78 is 20.2. The molecule has 0 bridgehead atoms. The van der Waals surface area contributed by atoms with E-state index in [1.807, 2.05) is 29.8 Å². The van der Waals surface area contributed by atoms with E-state index in [0.717, 1.165) is 26.3 Å². The molecule has 7 heteroatoms. The van der Waals surface area contributed by atoms with Crippen LogP contribution in [0.2, 0.25) is 0 Å². The molecule has 1 aromatic carbocycles. The maximum Gasteiger partial charge on any atom is 0.231 e. The molecule has 0 saturated heterocycles. The van der Waals surface area contributed by atoms with Crippen LogP contribution >= 0.6 is 15.9 Å². The Hall–Kier alpha value is -1.99. The molecule has 0 N–H and O–H groups in total. The SMILES string of the molecule is Cc1ccn2cc(Br)nc2c1-c1nc2cc(S(C)=O)ccc2o1. The average molecular weight is 390 g/mol. The second kappa shape index (κ2) is 5.28. The van der Waals surface area contributed by atoms with Gasteiger partial charge < -0.3 is 8.82 Å².